The molecule has 1 aromatic carbocycles. The van der Waals surface area contributed by atoms with Crippen LogP contribution in [0.25, 0.3) is 10.9 Å². The second kappa shape index (κ2) is 5.69. The van der Waals surface area contributed by atoms with E-state index in [1.54, 1.807) is 6.07 Å². The fourth-order valence-corrected chi connectivity index (χ4v) is 1.72. The van der Waals surface area contributed by atoms with Crippen molar-refractivity contribution in [2.24, 2.45) is 5.92 Å². The zero-order valence-corrected chi connectivity index (χ0v) is 10.5. The van der Waals surface area contributed by atoms with Crippen molar-refractivity contribution in [2.45, 2.75) is 13.3 Å². The molecule has 0 fully saturated rings. The van der Waals surface area contributed by atoms with E-state index in [4.69, 9.17) is 15.6 Å². The number of ether oxygens (including phenoxy) is 1. The highest BCUT2D eigenvalue weighted by atomic mass is 16.5. The number of nitrogens with zero attached hydrogens (tertiary/aromatic N) is 1. The van der Waals surface area contributed by atoms with Crippen LogP contribution in [0, 0.1) is 5.92 Å². The zero-order chi connectivity index (χ0) is 13.0. The Hall–Kier alpha value is -1.81. The number of anilines is 1. The van der Waals surface area contributed by atoms with Gasteiger partial charge in [-0.05, 0) is 30.7 Å². The van der Waals surface area contributed by atoms with Crippen molar-refractivity contribution >= 4 is 16.7 Å². The third kappa shape index (κ3) is 2.90. The molecule has 0 saturated heterocycles. The van der Waals surface area contributed by atoms with E-state index < -0.39 is 0 Å². The smallest absolute Gasteiger partial charge is 0.124 e. The lowest BCUT2D eigenvalue weighted by Gasteiger charge is -2.13. The molecule has 0 amide bonds. The Kier molecular flexibility index (Phi) is 3.99. The van der Waals surface area contributed by atoms with Crippen LogP contribution in [0.3, 0.4) is 0 Å². The van der Waals surface area contributed by atoms with E-state index in [2.05, 4.69) is 4.98 Å². The molecule has 0 saturated carbocycles. The molecule has 2 rings (SSSR count). The number of aliphatic hydroxyl groups is 1. The van der Waals surface area contributed by atoms with Gasteiger partial charge in [0.1, 0.15) is 11.6 Å². The summed E-state index contributed by atoms with van der Waals surface area (Å²) < 4.78 is 5.66. The quantitative estimate of drug-likeness (QED) is 0.848. The van der Waals surface area contributed by atoms with Crippen molar-refractivity contribution in [3.63, 3.8) is 0 Å². The van der Waals surface area contributed by atoms with Gasteiger partial charge in [-0.25, -0.2) is 4.98 Å². The maximum atomic E-state index is 9.10. The van der Waals surface area contributed by atoms with Crippen molar-refractivity contribution in [2.75, 3.05) is 18.9 Å². The molecule has 0 aliphatic rings. The van der Waals surface area contributed by atoms with Gasteiger partial charge in [-0.3, -0.25) is 0 Å². The first-order valence-electron chi connectivity index (χ1n) is 6.13. The van der Waals surface area contributed by atoms with Crippen LogP contribution in [0.5, 0.6) is 5.75 Å². The van der Waals surface area contributed by atoms with Gasteiger partial charge in [0.15, 0.2) is 0 Å². The van der Waals surface area contributed by atoms with E-state index in [-0.39, 0.29) is 12.5 Å². The van der Waals surface area contributed by atoms with E-state index in [0.29, 0.717) is 12.4 Å². The lowest BCUT2D eigenvalue weighted by atomic mass is 10.1. The average molecular weight is 246 g/mol. The van der Waals surface area contributed by atoms with E-state index in [1.165, 1.54) is 0 Å². The van der Waals surface area contributed by atoms with Crippen LogP contribution in [0.4, 0.5) is 5.82 Å². The second-order valence-corrected chi connectivity index (χ2v) is 4.36. The molecular formula is C14H18N2O2. The lowest BCUT2D eigenvalue weighted by molar-refractivity contribution is 0.160. The Bertz CT molecular complexity index is 524. The van der Waals surface area contributed by atoms with Crippen molar-refractivity contribution in [1.82, 2.24) is 4.98 Å². The van der Waals surface area contributed by atoms with Gasteiger partial charge in [0.05, 0.1) is 12.1 Å². The molecule has 2 aromatic rings. The maximum Gasteiger partial charge on any atom is 0.124 e. The largest absolute Gasteiger partial charge is 0.493 e. The number of aromatic nitrogens is 1. The summed E-state index contributed by atoms with van der Waals surface area (Å²) in [6, 6.07) is 9.45. The van der Waals surface area contributed by atoms with Gasteiger partial charge in [0.25, 0.3) is 0 Å². The van der Waals surface area contributed by atoms with Crippen LogP contribution in [-0.4, -0.2) is 23.3 Å². The summed E-state index contributed by atoms with van der Waals surface area (Å²) in [7, 11) is 0. The molecule has 0 aliphatic carbocycles. The number of hydrogen-bond acceptors (Lipinski definition) is 4. The summed E-state index contributed by atoms with van der Waals surface area (Å²) in [5.41, 5.74) is 6.48. The number of hydrogen-bond donors (Lipinski definition) is 2. The van der Waals surface area contributed by atoms with Crippen LogP contribution in [-0.2, 0) is 0 Å². The first-order valence-corrected chi connectivity index (χ1v) is 6.13. The fourth-order valence-electron chi connectivity index (χ4n) is 1.72. The monoisotopic (exact) mass is 246 g/mol. The standard InChI is InChI=1S/C14H18N2O2/c1-2-10(8-17)9-18-12-5-3-11-4-6-14(15)16-13(11)7-12/h3-7,10,17H,2,8-9H2,1H3,(H2,15,16)/t10-/m1/s1. The molecule has 0 radical (unpaired) electrons. The Labute approximate surface area is 106 Å². The van der Waals surface area contributed by atoms with Gasteiger partial charge in [-0.1, -0.05) is 6.92 Å². The van der Waals surface area contributed by atoms with Crippen molar-refractivity contribution in [3.05, 3.63) is 30.3 Å². The first-order chi connectivity index (χ1) is 8.72. The molecule has 0 bridgehead atoms. The Morgan fingerprint density at radius 2 is 2.11 bits per heavy atom. The minimum Gasteiger partial charge on any atom is -0.493 e. The molecule has 4 heteroatoms. The number of fused-ring (bicyclic) bond motifs is 1. The Morgan fingerprint density at radius 3 is 2.83 bits per heavy atom. The predicted octanol–water partition coefficient (Wildman–Crippen LogP) is 2.21. The van der Waals surface area contributed by atoms with E-state index in [1.807, 2.05) is 31.2 Å². The highest BCUT2D eigenvalue weighted by molar-refractivity contribution is 5.81. The zero-order valence-electron chi connectivity index (χ0n) is 10.5. The van der Waals surface area contributed by atoms with E-state index >= 15 is 0 Å². The fraction of sp³-hybridized carbons (Fsp3) is 0.357. The summed E-state index contributed by atoms with van der Waals surface area (Å²) >= 11 is 0. The number of rotatable bonds is 5. The molecule has 18 heavy (non-hydrogen) atoms. The number of nitrogen functional groups attached to an aromatic ring is 1. The molecular weight excluding hydrogens is 228 g/mol. The van der Waals surface area contributed by atoms with E-state index in [9.17, 15) is 0 Å². The van der Waals surface area contributed by atoms with Crippen molar-refractivity contribution in [3.8, 4) is 5.75 Å². The number of aliphatic hydroxyl groups excluding tert-OH is 1. The topological polar surface area (TPSA) is 68.4 Å². The molecule has 3 N–H and O–H groups in total. The van der Waals surface area contributed by atoms with Gasteiger partial charge in [0.2, 0.25) is 0 Å². The minimum atomic E-state index is 0.148. The van der Waals surface area contributed by atoms with Gasteiger partial charge in [-0.15, -0.1) is 0 Å². The first kappa shape index (κ1) is 12.6. The molecule has 96 valence electrons. The lowest BCUT2D eigenvalue weighted by Crippen LogP contribution is -2.14. The minimum absolute atomic E-state index is 0.148. The van der Waals surface area contributed by atoms with Crippen molar-refractivity contribution in [1.29, 1.82) is 0 Å². The van der Waals surface area contributed by atoms with Crippen LogP contribution in [0.15, 0.2) is 30.3 Å². The SMILES string of the molecule is CC[C@H](CO)COc1ccc2ccc(N)nc2c1. The molecule has 0 aliphatic heterocycles. The third-order valence-corrected chi connectivity index (χ3v) is 3.01. The molecule has 1 aromatic heterocycles. The molecule has 1 atom stereocenters. The van der Waals surface area contributed by atoms with Crippen molar-refractivity contribution < 1.29 is 9.84 Å². The number of nitrogens with two attached hydrogens (primary N) is 1. The van der Waals surface area contributed by atoms with E-state index in [0.717, 1.165) is 23.1 Å². The van der Waals surface area contributed by atoms with Crippen LogP contribution in [0.2, 0.25) is 0 Å². The Balaban J connectivity index is 2.14. The van der Waals surface area contributed by atoms with Gasteiger partial charge in [0, 0.05) is 24.0 Å². The number of benzene rings is 1. The molecule has 0 spiro atoms. The third-order valence-electron chi connectivity index (χ3n) is 3.01. The molecule has 0 unspecified atom stereocenters. The summed E-state index contributed by atoms with van der Waals surface area (Å²) in [5.74, 6) is 1.43. The summed E-state index contributed by atoms with van der Waals surface area (Å²) in [4.78, 5) is 4.25. The Morgan fingerprint density at radius 1 is 1.33 bits per heavy atom. The van der Waals surface area contributed by atoms with Gasteiger partial charge >= 0.3 is 0 Å². The second-order valence-electron chi connectivity index (χ2n) is 4.36. The normalized spacial score (nSPS) is 12.6. The summed E-state index contributed by atoms with van der Waals surface area (Å²) in [6.45, 7) is 2.70. The summed E-state index contributed by atoms with van der Waals surface area (Å²) in [6.07, 6.45) is 0.898. The summed E-state index contributed by atoms with van der Waals surface area (Å²) in [5, 5.41) is 10.1. The number of pyridine rings is 1. The highest BCUT2D eigenvalue weighted by Crippen LogP contribution is 2.21. The van der Waals surface area contributed by atoms with Crippen LogP contribution >= 0.6 is 0 Å². The van der Waals surface area contributed by atoms with Crippen LogP contribution in [0.1, 0.15) is 13.3 Å². The average Bonchev–Trinajstić information content (AvgIpc) is 2.39. The molecule has 1 heterocycles. The van der Waals surface area contributed by atoms with Gasteiger partial charge in [-0.2, -0.15) is 0 Å². The van der Waals surface area contributed by atoms with Gasteiger partial charge < -0.3 is 15.6 Å². The van der Waals surface area contributed by atoms with Crippen LogP contribution < -0.4 is 10.5 Å². The molecule has 4 nitrogen and oxygen atoms in total. The maximum absolute atomic E-state index is 9.10. The predicted molar refractivity (Wildman–Crippen MR) is 72.5 cm³/mol. The highest BCUT2D eigenvalue weighted by Gasteiger charge is 2.06.